The van der Waals surface area contributed by atoms with Gasteiger partial charge < -0.3 is 0 Å². The molecule has 196 valence electrons. The van der Waals surface area contributed by atoms with Crippen LogP contribution in [0.4, 0.5) is 0 Å². The summed E-state index contributed by atoms with van der Waals surface area (Å²) in [5.41, 5.74) is 9.22. The summed E-state index contributed by atoms with van der Waals surface area (Å²) in [7, 11) is 0. The van der Waals surface area contributed by atoms with Crippen LogP contribution in [-0.2, 0) is 0 Å². The van der Waals surface area contributed by atoms with E-state index >= 15 is 0 Å². The molecule has 2 heteroatoms. The van der Waals surface area contributed by atoms with Gasteiger partial charge >= 0.3 is 0 Å². The van der Waals surface area contributed by atoms with Crippen LogP contribution in [0.15, 0.2) is 121 Å². The molecule has 7 rings (SSSR count). The van der Waals surface area contributed by atoms with Crippen LogP contribution < -0.4 is 0 Å². The highest BCUT2D eigenvalue weighted by Gasteiger charge is 2.16. The van der Waals surface area contributed by atoms with Crippen LogP contribution in [0.2, 0.25) is 0 Å². The van der Waals surface area contributed by atoms with Crippen molar-refractivity contribution < 1.29 is 0 Å². The molecule has 0 fully saturated rings. The molecule has 0 aliphatic heterocycles. The number of rotatable bonds is 3. The molecule has 0 spiro atoms. The van der Waals surface area contributed by atoms with Gasteiger partial charge in [0.15, 0.2) is 0 Å². The van der Waals surface area contributed by atoms with E-state index in [1.54, 1.807) is 0 Å². The Balaban J connectivity index is 1.40. The fourth-order valence-electron chi connectivity index (χ4n) is 6.35. The first kappa shape index (κ1) is 25.3. The van der Waals surface area contributed by atoms with E-state index in [0.717, 1.165) is 33.2 Å². The van der Waals surface area contributed by atoms with Crippen LogP contribution in [0.3, 0.4) is 0 Å². The molecule has 0 saturated heterocycles. The van der Waals surface area contributed by atoms with Gasteiger partial charge in [-0.1, -0.05) is 103 Å². The molecule has 0 saturated carbocycles. The minimum Gasteiger partial charge on any atom is -0.192 e. The lowest BCUT2D eigenvalue weighted by Crippen LogP contribution is -1.94. The van der Waals surface area contributed by atoms with Crippen molar-refractivity contribution in [1.82, 2.24) is 0 Å². The van der Waals surface area contributed by atoms with Crippen molar-refractivity contribution in [2.24, 2.45) is 0 Å². The Kier molecular flexibility index (Phi) is 6.05. The first-order valence-corrected chi connectivity index (χ1v) is 14.1. The maximum Gasteiger partial charge on any atom is 0.0998 e. The largest absolute Gasteiger partial charge is 0.192 e. The zero-order chi connectivity index (χ0) is 28.8. The summed E-state index contributed by atoms with van der Waals surface area (Å²) in [6.45, 7) is 4.21. The minimum atomic E-state index is 0.550. The van der Waals surface area contributed by atoms with Gasteiger partial charge in [0.2, 0.25) is 0 Å². The van der Waals surface area contributed by atoms with Gasteiger partial charge in [-0.2, -0.15) is 10.5 Å². The normalized spacial score (nSPS) is 11.0. The van der Waals surface area contributed by atoms with Crippen LogP contribution >= 0.6 is 0 Å². The number of benzene rings is 7. The molecule has 2 nitrogen and oxygen atoms in total. The van der Waals surface area contributed by atoms with E-state index in [1.807, 2.05) is 18.2 Å². The summed E-state index contributed by atoms with van der Waals surface area (Å²) in [4.78, 5) is 0. The van der Waals surface area contributed by atoms with Crippen molar-refractivity contribution in [3.8, 4) is 45.5 Å². The second-order valence-electron chi connectivity index (χ2n) is 10.9. The maximum atomic E-state index is 10.3. The van der Waals surface area contributed by atoms with Crippen molar-refractivity contribution in [2.45, 2.75) is 13.8 Å². The zero-order valence-electron chi connectivity index (χ0n) is 23.4. The average Bonchev–Trinajstić information content (AvgIpc) is 3.04. The predicted molar refractivity (Wildman–Crippen MR) is 174 cm³/mol. The van der Waals surface area contributed by atoms with Crippen molar-refractivity contribution >= 4 is 32.3 Å². The first-order valence-electron chi connectivity index (χ1n) is 14.1. The third-order valence-corrected chi connectivity index (χ3v) is 8.43. The molecule has 0 amide bonds. The molecule has 42 heavy (non-hydrogen) atoms. The Bertz CT molecular complexity index is 2260. The number of hydrogen-bond donors (Lipinski definition) is 0. The molecular weight excluding hydrogens is 508 g/mol. The SMILES string of the molecule is Cc1ccccc1-c1ccc(-c2cc(C#N)c(-c3ccc4c5ccccc5c5ccccc5c4c3)cc2C#N)cc1C. The molecule has 0 aliphatic rings. The van der Waals surface area contributed by atoms with Crippen molar-refractivity contribution in [3.05, 3.63) is 144 Å². The summed E-state index contributed by atoms with van der Waals surface area (Å²) in [5, 5.41) is 27.7. The van der Waals surface area contributed by atoms with Gasteiger partial charge in [-0.25, -0.2) is 0 Å². The van der Waals surface area contributed by atoms with E-state index in [2.05, 4.69) is 129 Å². The lowest BCUT2D eigenvalue weighted by molar-refractivity contribution is 1.40. The van der Waals surface area contributed by atoms with Crippen LogP contribution in [0, 0.1) is 36.5 Å². The molecule has 0 aromatic heterocycles. The predicted octanol–water partition coefficient (Wildman–Crippen LogP) is 10.5. The highest BCUT2D eigenvalue weighted by atomic mass is 14.3. The fraction of sp³-hybridized carbons (Fsp3) is 0.0500. The number of fused-ring (bicyclic) bond motifs is 6. The topological polar surface area (TPSA) is 47.6 Å². The highest BCUT2D eigenvalue weighted by molar-refractivity contribution is 6.25. The second kappa shape index (κ2) is 10.0. The van der Waals surface area contributed by atoms with Crippen LogP contribution in [-0.4, -0.2) is 0 Å². The molecule has 0 heterocycles. The smallest absolute Gasteiger partial charge is 0.0998 e. The van der Waals surface area contributed by atoms with E-state index in [-0.39, 0.29) is 0 Å². The standard InChI is InChI=1S/C40H26N2/c1-25-9-3-4-10-31(25)32-17-15-27(19-26(32)2)38-21-30(24-42)39(22-29(38)23-41)28-16-18-37-35-13-6-5-11-33(35)34-12-7-8-14-36(34)40(37)20-28/h3-22H,1-2H3. The van der Waals surface area contributed by atoms with E-state index in [0.29, 0.717) is 11.1 Å². The van der Waals surface area contributed by atoms with Gasteiger partial charge in [-0.05, 0) is 97.7 Å². The molecule has 7 aromatic carbocycles. The van der Waals surface area contributed by atoms with Gasteiger partial charge in [0.25, 0.3) is 0 Å². The number of hydrogen-bond acceptors (Lipinski definition) is 2. The molecular formula is C40H26N2. The van der Waals surface area contributed by atoms with E-state index in [4.69, 9.17) is 0 Å². The Hall–Kier alpha value is -5.70. The van der Waals surface area contributed by atoms with Crippen molar-refractivity contribution in [1.29, 1.82) is 10.5 Å². The maximum absolute atomic E-state index is 10.3. The Labute approximate surface area is 245 Å². The first-order chi connectivity index (χ1) is 20.6. The van der Waals surface area contributed by atoms with Gasteiger partial charge in [0.1, 0.15) is 0 Å². The fourth-order valence-corrected chi connectivity index (χ4v) is 6.35. The monoisotopic (exact) mass is 534 g/mol. The lowest BCUT2D eigenvalue weighted by Gasteiger charge is -2.15. The number of aryl methyl sites for hydroxylation is 2. The number of nitrogens with zero attached hydrogens (tertiary/aromatic N) is 2. The Morgan fingerprint density at radius 2 is 0.833 bits per heavy atom. The molecule has 0 bridgehead atoms. The van der Waals surface area contributed by atoms with Crippen molar-refractivity contribution in [2.75, 3.05) is 0 Å². The molecule has 0 radical (unpaired) electrons. The average molecular weight is 535 g/mol. The minimum absolute atomic E-state index is 0.550. The summed E-state index contributed by atoms with van der Waals surface area (Å²) in [6, 6.07) is 46.6. The molecule has 0 unspecified atom stereocenters. The summed E-state index contributed by atoms with van der Waals surface area (Å²) in [6.07, 6.45) is 0. The third kappa shape index (κ3) is 4.02. The van der Waals surface area contributed by atoms with Crippen LogP contribution in [0.1, 0.15) is 22.3 Å². The van der Waals surface area contributed by atoms with Crippen LogP contribution in [0.5, 0.6) is 0 Å². The third-order valence-electron chi connectivity index (χ3n) is 8.43. The summed E-state index contributed by atoms with van der Waals surface area (Å²) >= 11 is 0. The number of nitriles is 2. The van der Waals surface area contributed by atoms with Crippen LogP contribution in [0.25, 0.3) is 65.7 Å². The Morgan fingerprint density at radius 1 is 0.381 bits per heavy atom. The summed E-state index contributed by atoms with van der Waals surface area (Å²) < 4.78 is 0. The van der Waals surface area contributed by atoms with Gasteiger partial charge in [0, 0.05) is 11.1 Å². The van der Waals surface area contributed by atoms with Gasteiger partial charge in [0.05, 0.1) is 23.3 Å². The van der Waals surface area contributed by atoms with Gasteiger partial charge in [-0.3, -0.25) is 0 Å². The summed E-state index contributed by atoms with van der Waals surface area (Å²) in [5.74, 6) is 0. The molecule has 7 aromatic rings. The highest BCUT2D eigenvalue weighted by Crippen LogP contribution is 2.39. The molecule has 0 atom stereocenters. The van der Waals surface area contributed by atoms with E-state index < -0.39 is 0 Å². The zero-order valence-corrected chi connectivity index (χ0v) is 23.4. The Morgan fingerprint density at radius 3 is 1.38 bits per heavy atom. The van der Waals surface area contributed by atoms with Gasteiger partial charge in [-0.15, -0.1) is 0 Å². The second-order valence-corrected chi connectivity index (χ2v) is 10.9. The van der Waals surface area contributed by atoms with E-state index in [9.17, 15) is 10.5 Å². The molecule has 0 aliphatic carbocycles. The quantitative estimate of drug-likeness (QED) is 0.212. The lowest BCUT2D eigenvalue weighted by atomic mass is 9.87. The molecule has 0 N–H and O–H groups in total. The van der Waals surface area contributed by atoms with E-state index in [1.165, 1.54) is 43.6 Å². The van der Waals surface area contributed by atoms with Crippen molar-refractivity contribution in [3.63, 3.8) is 0 Å².